The van der Waals surface area contributed by atoms with E-state index in [1.807, 2.05) is 24.3 Å². The second-order valence-electron chi connectivity index (χ2n) is 5.80. The Hall–Kier alpha value is -3.38. The maximum absolute atomic E-state index is 12.4. The summed E-state index contributed by atoms with van der Waals surface area (Å²) in [6, 6.07) is 14.2. The molecule has 0 amide bonds. The molecule has 0 aliphatic rings. The molecule has 0 atom stereocenters. The Bertz CT molecular complexity index is 1160. The van der Waals surface area contributed by atoms with E-state index < -0.39 is 0 Å². The van der Waals surface area contributed by atoms with Crippen LogP contribution < -0.4 is 24.2 Å². The van der Waals surface area contributed by atoms with Crippen LogP contribution in [-0.2, 0) is 0 Å². The number of hydrogen-bond donors (Lipinski definition) is 1. The Morgan fingerprint density at radius 1 is 1.18 bits per heavy atom. The van der Waals surface area contributed by atoms with Gasteiger partial charge in [-0.1, -0.05) is 30.9 Å². The lowest BCUT2D eigenvalue weighted by Crippen LogP contribution is -2.20. The third kappa shape index (κ3) is 4.66. The number of Topliss-reactive ketones (excluding diaryl/α,β-unsaturated/α-hetero) is 1. The summed E-state index contributed by atoms with van der Waals surface area (Å²) < 4.78 is 11.7. The van der Waals surface area contributed by atoms with Gasteiger partial charge in [-0.25, -0.2) is 0 Å². The summed E-state index contributed by atoms with van der Waals surface area (Å²) >= 11 is 1.22. The van der Waals surface area contributed by atoms with Gasteiger partial charge >= 0.3 is 0 Å². The summed E-state index contributed by atoms with van der Waals surface area (Å²) in [5, 5.41) is 0. The summed E-state index contributed by atoms with van der Waals surface area (Å²) in [4.78, 5) is 27.4. The highest BCUT2D eigenvalue weighted by Gasteiger charge is 2.05. The molecular weight excluding hydrogens is 374 g/mol. The number of carbonyl (C=O) groups is 1. The van der Waals surface area contributed by atoms with Gasteiger partial charge < -0.3 is 14.5 Å². The first-order valence-corrected chi connectivity index (χ1v) is 9.36. The van der Waals surface area contributed by atoms with Crippen molar-refractivity contribution in [2.75, 3.05) is 13.7 Å². The van der Waals surface area contributed by atoms with Gasteiger partial charge in [-0.3, -0.25) is 9.59 Å². The number of H-pyrrole nitrogens is 1. The van der Waals surface area contributed by atoms with Crippen molar-refractivity contribution in [1.82, 2.24) is 4.98 Å². The van der Waals surface area contributed by atoms with Crippen LogP contribution in [-0.4, -0.2) is 24.5 Å². The smallest absolute Gasteiger partial charge is 0.266 e. The van der Waals surface area contributed by atoms with Crippen molar-refractivity contribution in [3.05, 3.63) is 91.9 Å². The lowest BCUT2D eigenvalue weighted by Gasteiger charge is -2.05. The maximum atomic E-state index is 12.4. The predicted molar refractivity (Wildman–Crippen MR) is 112 cm³/mol. The van der Waals surface area contributed by atoms with Crippen molar-refractivity contribution in [2.24, 2.45) is 0 Å². The molecule has 1 N–H and O–H groups in total. The lowest BCUT2D eigenvalue weighted by molar-refractivity contribution is 0.106. The molecule has 1 aromatic heterocycles. The van der Waals surface area contributed by atoms with Crippen LogP contribution in [0.4, 0.5) is 0 Å². The molecule has 1 heterocycles. The Morgan fingerprint density at radius 2 is 1.93 bits per heavy atom. The van der Waals surface area contributed by atoms with Crippen LogP contribution in [0.5, 0.6) is 11.5 Å². The van der Waals surface area contributed by atoms with Gasteiger partial charge in [-0.2, -0.15) is 0 Å². The first-order chi connectivity index (χ1) is 13.6. The van der Waals surface area contributed by atoms with Crippen LogP contribution in [0, 0.1) is 0 Å². The molecule has 0 aliphatic heterocycles. The lowest BCUT2D eigenvalue weighted by atomic mass is 10.1. The molecule has 0 aliphatic carbocycles. The molecule has 142 valence electrons. The third-order valence-corrected chi connectivity index (χ3v) is 4.84. The third-order valence-electron chi connectivity index (χ3n) is 3.88. The number of hydrogen-bond acceptors (Lipinski definition) is 5. The summed E-state index contributed by atoms with van der Waals surface area (Å²) in [5.74, 6) is 1.15. The van der Waals surface area contributed by atoms with Gasteiger partial charge in [0.25, 0.3) is 5.56 Å². The van der Waals surface area contributed by atoms with Crippen molar-refractivity contribution < 1.29 is 14.3 Å². The highest BCUT2D eigenvalue weighted by molar-refractivity contribution is 7.07. The highest BCUT2D eigenvalue weighted by Crippen LogP contribution is 2.18. The van der Waals surface area contributed by atoms with Crippen LogP contribution in [0.2, 0.25) is 0 Å². The molecule has 0 bridgehead atoms. The fourth-order valence-corrected chi connectivity index (χ4v) is 3.38. The predicted octanol–water partition coefficient (Wildman–Crippen LogP) is 2.50. The Kier molecular flexibility index (Phi) is 6.24. The van der Waals surface area contributed by atoms with Crippen molar-refractivity contribution >= 4 is 29.3 Å². The largest absolute Gasteiger partial charge is 0.497 e. The molecule has 6 heteroatoms. The van der Waals surface area contributed by atoms with Gasteiger partial charge in [0.2, 0.25) is 0 Å². The molecule has 3 rings (SSSR count). The zero-order valence-corrected chi connectivity index (χ0v) is 16.1. The number of ether oxygens (including phenoxy) is 2. The summed E-state index contributed by atoms with van der Waals surface area (Å²) in [5.41, 5.74) is 1.05. The topological polar surface area (TPSA) is 68.4 Å². The number of rotatable bonds is 7. The zero-order valence-electron chi connectivity index (χ0n) is 15.3. The number of carbonyl (C=O) groups excluding carboxylic acids is 1. The molecule has 2 aromatic carbocycles. The number of aromatic amines is 1. The van der Waals surface area contributed by atoms with E-state index in [-0.39, 0.29) is 11.3 Å². The fourth-order valence-electron chi connectivity index (χ4n) is 2.50. The zero-order chi connectivity index (χ0) is 19.9. The first kappa shape index (κ1) is 19.4. The van der Waals surface area contributed by atoms with Crippen molar-refractivity contribution in [3.63, 3.8) is 0 Å². The van der Waals surface area contributed by atoms with Crippen molar-refractivity contribution in [1.29, 1.82) is 0 Å². The molecule has 0 fully saturated rings. The molecule has 0 spiro atoms. The molecule has 3 aromatic rings. The standard InChI is InChI=1S/C22H19NO4S/c1-3-12-27-19-7-5-4-6-16(19)13-20-22(25)23-21(28-20)14-18(24)15-8-10-17(26-2)11-9-15/h3-11,13-14H,1,12H2,2H3,(H,23,25)/b20-13+,21-14+. The number of para-hydroxylation sites is 1. The Morgan fingerprint density at radius 3 is 2.64 bits per heavy atom. The SMILES string of the molecule is C=CCOc1ccccc1/C=c1/s/c(=C/C(=O)c2ccc(OC)cc2)[nH]c1=O. The maximum Gasteiger partial charge on any atom is 0.266 e. The van der Waals surface area contributed by atoms with Crippen LogP contribution in [0.1, 0.15) is 15.9 Å². The van der Waals surface area contributed by atoms with Gasteiger partial charge in [-0.15, -0.1) is 11.3 Å². The minimum absolute atomic E-state index is 0.193. The van der Waals surface area contributed by atoms with E-state index in [2.05, 4.69) is 11.6 Å². The van der Waals surface area contributed by atoms with E-state index in [9.17, 15) is 9.59 Å². The average Bonchev–Trinajstić information content (AvgIpc) is 3.06. The Balaban J connectivity index is 1.94. The molecule has 0 saturated heterocycles. The van der Waals surface area contributed by atoms with Crippen LogP contribution in [0.25, 0.3) is 12.2 Å². The van der Waals surface area contributed by atoms with Gasteiger partial charge in [-0.05, 0) is 36.4 Å². The van der Waals surface area contributed by atoms with E-state index in [4.69, 9.17) is 9.47 Å². The van der Waals surface area contributed by atoms with Crippen LogP contribution >= 0.6 is 11.3 Å². The van der Waals surface area contributed by atoms with E-state index in [1.165, 1.54) is 17.4 Å². The molecule has 0 unspecified atom stereocenters. The van der Waals surface area contributed by atoms with E-state index in [1.54, 1.807) is 43.5 Å². The Labute approximate surface area is 165 Å². The quantitative estimate of drug-likeness (QED) is 0.495. The monoisotopic (exact) mass is 393 g/mol. The molecule has 5 nitrogen and oxygen atoms in total. The molecular formula is C22H19NO4S. The number of ketones is 1. The minimum atomic E-state index is -0.252. The highest BCUT2D eigenvalue weighted by atomic mass is 32.1. The summed E-state index contributed by atoms with van der Waals surface area (Å²) in [6.07, 6.45) is 4.83. The normalized spacial score (nSPS) is 12.0. The molecule has 28 heavy (non-hydrogen) atoms. The number of aromatic nitrogens is 1. The summed E-state index contributed by atoms with van der Waals surface area (Å²) in [7, 11) is 1.57. The van der Waals surface area contributed by atoms with E-state index >= 15 is 0 Å². The van der Waals surface area contributed by atoms with Gasteiger partial charge in [0.1, 0.15) is 18.1 Å². The second kappa shape index (κ2) is 9.01. The first-order valence-electron chi connectivity index (χ1n) is 8.54. The number of benzene rings is 2. The summed E-state index contributed by atoms with van der Waals surface area (Å²) in [6.45, 7) is 4.01. The van der Waals surface area contributed by atoms with Crippen LogP contribution in [0.15, 0.2) is 66.0 Å². The fraction of sp³-hybridized carbons (Fsp3) is 0.0909. The number of thiazole rings is 1. The second-order valence-corrected chi connectivity index (χ2v) is 6.89. The van der Waals surface area contributed by atoms with Crippen molar-refractivity contribution in [3.8, 4) is 11.5 Å². The number of nitrogens with one attached hydrogen (secondary N) is 1. The van der Waals surface area contributed by atoms with Crippen molar-refractivity contribution in [2.45, 2.75) is 0 Å². The van der Waals surface area contributed by atoms with E-state index in [0.717, 1.165) is 5.56 Å². The van der Waals surface area contributed by atoms with Gasteiger partial charge in [0.15, 0.2) is 5.78 Å². The number of methoxy groups -OCH3 is 1. The average molecular weight is 393 g/mol. The van der Waals surface area contributed by atoms with Gasteiger partial charge in [0.05, 0.1) is 16.3 Å². The molecule has 0 saturated carbocycles. The van der Waals surface area contributed by atoms with Crippen LogP contribution in [0.3, 0.4) is 0 Å². The molecule has 0 radical (unpaired) electrons. The van der Waals surface area contributed by atoms with E-state index in [0.29, 0.717) is 32.9 Å². The minimum Gasteiger partial charge on any atom is -0.497 e. The van der Waals surface area contributed by atoms with Gasteiger partial charge in [0, 0.05) is 17.2 Å².